The number of nitrogens with zero attached hydrogens (tertiary/aromatic N) is 1. The van der Waals surface area contributed by atoms with Gasteiger partial charge in [0.1, 0.15) is 0 Å². The first-order chi connectivity index (χ1) is 5.25. The SMILES string of the molecule is NC[C@@H](O)c1cccnc1F. The van der Waals surface area contributed by atoms with E-state index in [9.17, 15) is 4.39 Å². The van der Waals surface area contributed by atoms with Gasteiger partial charge in [-0.25, -0.2) is 4.98 Å². The maximum absolute atomic E-state index is 12.7. The van der Waals surface area contributed by atoms with Gasteiger partial charge in [-0.3, -0.25) is 0 Å². The van der Waals surface area contributed by atoms with Crippen LogP contribution < -0.4 is 5.73 Å². The molecule has 0 spiro atoms. The zero-order chi connectivity index (χ0) is 8.27. The molecular weight excluding hydrogens is 147 g/mol. The molecule has 1 atom stereocenters. The fraction of sp³-hybridized carbons (Fsp3) is 0.286. The van der Waals surface area contributed by atoms with Crippen molar-refractivity contribution < 1.29 is 9.50 Å². The molecule has 0 aliphatic heterocycles. The second-order valence-corrected chi connectivity index (χ2v) is 2.13. The predicted octanol–water partition coefficient (Wildman–Crippen LogP) is 0.213. The number of hydrogen-bond acceptors (Lipinski definition) is 3. The molecule has 0 fully saturated rings. The summed E-state index contributed by atoms with van der Waals surface area (Å²) >= 11 is 0. The van der Waals surface area contributed by atoms with Gasteiger partial charge in [-0.15, -0.1) is 0 Å². The number of rotatable bonds is 2. The van der Waals surface area contributed by atoms with Crippen LogP contribution in [0.1, 0.15) is 11.7 Å². The van der Waals surface area contributed by atoms with E-state index in [0.717, 1.165) is 0 Å². The summed E-state index contributed by atoms with van der Waals surface area (Å²) < 4.78 is 12.7. The van der Waals surface area contributed by atoms with E-state index < -0.39 is 12.1 Å². The summed E-state index contributed by atoms with van der Waals surface area (Å²) in [5.74, 6) is -0.662. The van der Waals surface area contributed by atoms with E-state index >= 15 is 0 Å². The van der Waals surface area contributed by atoms with Gasteiger partial charge in [0.05, 0.1) is 6.10 Å². The maximum Gasteiger partial charge on any atom is 0.218 e. The van der Waals surface area contributed by atoms with Gasteiger partial charge in [-0.1, -0.05) is 6.07 Å². The third kappa shape index (κ3) is 1.72. The Morgan fingerprint density at radius 3 is 3.00 bits per heavy atom. The van der Waals surface area contributed by atoms with E-state index in [0.29, 0.717) is 0 Å². The van der Waals surface area contributed by atoms with Crippen LogP contribution in [0.3, 0.4) is 0 Å². The lowest BCUT2D eigenvalue weighted by molar-refractivity contribution is 0.180. The Kier molecular flexibility index (Phi) is 2.51. The number of halogens is 1. The molecule has 1 aromatic rings. The summed E-state index contributed by atoms with van der Waals surface area (Å²) in [6.45, 7) is 0.00259. The van der Waals surface area contributed by atoms with E-state index in [1.54, 1.807) is 6.07 Å². The summed E-state index contributed by atoms with van der Waals surface area (Å²) in [6.07, 6.45) is 0.367. The molecule has 0 aliphatic carbocycles. The molecule has 0 unspecified atom stereocenters. The highest BCUT2D eigenvalue weighted by atomic mass is 19.1. The molecule has 0 bridgehead atoms. The number of hydrogen-bond donors (Lipinski definition) is 2. The average molecular weight is 156 g/mol. The van der Waals surface area contributed by atoms with Crippen molar-refractivity contribution in [3.63, 3.8) is 0 Å². The summed E-state index contributed by atoms with van der Waals surface area (Å²) in [5.41, 5.74) is 5.28. The van der Waals surface area contributed by atoms with Crippen LogP contribution in [0.4, 0.5) is 4.39 Å². The van der Waals surface area contributed by atoms with Gasteiger partial charge in [0.25, 0.3) is 0 Å². The highest BCUT2D eigenvalue weighted by Crippen LogP contribution is 2.12. The number of aliphatic hydroxyl groups is 1. The van der Waals surface area contributed by atoms with Gasteiger partial charge in [0.15, 0.2) is 0 Å². The molecule has 0 saturated heterocycles. The topological polar surface area (TPSA) is 59.1 Å². The van der Waals surface area contributed by atoms with Gasteiger partial charge in [0.2, 0.25) is 5.95 Å². The molecule has 0 aliphatic rings. The number of nitrogens with two attached hydrogens (primary N) is 1. The van der Waals surface area contributed by atoms with Crippen LogP contribution in [0.15, 0.2) is 18.3 Å². The molecule has 1 heterocycles. The zero-order valence-corrected chi connectivity index (χ0v) is 5.87. The Hall–Kier alpha value is -1.00. The van der Waals surface area contributed by atoms with Crippen molar-refractivity contribution in [2.24, 2.45) is 5.73 Å². The first-order valence-corrected chi connectivity index (χ1v) is 3.24. The smallest absolute Gasteiger partial charge is 0.218 e. The molecule has 4 heteroatoms. The monoisotopic (exact) mass is 156 g/mol. The first-order valence-electron chi connectivity index (χ1n) is 3.24. The average Bonchev–Trinajstić information content (AvgIpc) is 2.04. The number of aromatic nitrogens is 1. The third-order valence-electron chi connectivity index (χ3n) is 1.37. The quantitative estimate of drug-likeness (QED) is 0.602. The van der Waals surface area contributed by atoms with Crippen LogP contribution in [-0.2, 0) is 0 Å². The lowest BCUT2D eigenvalue weighted by Gasteiger charge is -2.06. The predicted molar refractivity (Wildman–Crippen MR) is 38.2 cm³/mol. The van der Waals surface area contributed by atoms with Crippen LogP contribution in [0.25, 0.3) is 0 Å². The van der Waals surface area contributed by atoms with Crippen molar-refractivity contribution in [1.29, 1.82) is 0 Å². The Bertz CT molecular complexity index is 242. The summed E-state index contributed by atoms with van der Waals surface area (Å²) in [6, 6.07) is 3.01. The van der Waals surface area contributed by atoms with Crippen molar-refractivity contribution >= 4 is 0 Å². The van der Waals surface area contributed by atoms with Crippen LogP contribution in [0.2, 0.25) is 0 Å². The molecule has 1 aromatic heterocycles. The van der Waals surface area contributed by atoms with Crippen LogP contribution >= 0.6 is 0 Å². The second-order valence-electron chi connectivity index (χ2n) is 2.13. The van der Waals surface area contributed by atoms with E-state index in [2.05, 4.69) is 4.98 Å². The van der Waals surface area contributed by atoms with Crippen LogP contribution in [0.5, 0.6) is 0 Å². The molecule has 11 heavy (non-hydrogen) atoms. The van der Waals surface area contributed by atoms with Crippen LogP contribution in [-0.4, -0.2) is 16.6 Å². The summed E-state index contributed by atoms with van der Waals surface area (Å²) in [7, 11) is 0. The Morgan fingerprint density at radius 2 is 2.45 bits per heavy atom. The number of pyridine rings is 1. The fourth-order valence-corrected chi connectivity index (χ4v) is 0.774. The highest BCUT2D eigenvalue weighted by Gasteiger charge is 2.09. The molecule has 60 valence electrons. The largest absolute Gasteiger partial charge is 0.387 e. The van der Waals surface area contributed by atoms with Crippen LogP contribution in [0, 0.1) is 5.95 Å². The minimum absolute atomic E-state index is 0.00259. The van der Waals surface area contributed by atoms with Crippen molar-refractivity contribution in [1.82, 2.24) is 4.98 Å². The summed E-state index contributed by atoms with van der Waals surface area (Å²) in [4.78, 5) is 3.37. The minimum Gasteiger partial charge on any atom is -0.387 e. The molecule has 0 aromatic carbocycles. The molecule has 3 nitrogen and oxygen atoms in total. The summed E-state index contributed by atoms with van der Waals surface area (Å²) in [5, 5.41) is 9.11. The van der Waals surface area contributed by atoms with Gasteiger partial charge in [-0.05, 0) is 6.07 Å². The Balaban J connectivity index is 2.93. The highest BCUT2D eigenvalue weighted by molar-refractivity contribution is 5.13. The second kappa shape index (κ2) is 3.41. The van der Waals surface area contributed by atoms with E-state index in [-0.39, 0.29) is 12.1 Å². The van der Waals surface area contributed by atoms with Crippen molar-refractivity contribution in [3.8, 4) is 0 Å². The number of aliphatic hydroxyl groups excluding tert-OH is 1. The standard InChI is InChI=1S/C7H9FN2O/c8-7-5(6(11)4-9)2-1-3-10-7/h1-3,6,11H,4,9H2/t6-/m1/s1. The van der Waals surface area contributed by atoms with Crippen molar-refractivity contribution in [2.75, 3.05) is 6.54 Å². The minimum atomic E-state index is -0.955. The molecule has 3 N–H and O–H groups in total. The van der Waals surface area contributed by atoms with Gasteiger partial charge in [0, 0.05) is 18.3 Å². The Labute approximate surface area is 63.7 Å². The first kappa shape index (κ1) is 8.10. The van der Waals surface area contributed by atoms with Gasteiger partial charge >= 0.3 is 0 Å². The van der Waals surface area contributed by atoms with Crippen molar-refractivity contribution in [2.45, 2.75) is 6.10 Å². The third-order valence-corrected chi connectivity index (χ3v) is 1.37. The normalized spacial score (nSPS) is 13.0. The molecular formula is C7H9FN2O. The zero-order valence-electron chi connectivity index (χ0n) is 5.87. The van der Waals surface area contributed by atoms with E-state index in [1.165, 1.54) is 12.3 Å². The van der Waals surface area contributed by atoms with Gasteiger partial charge < -0.3 is 10.8 Å². The Morgan fingerprint density at radius 1 is 1.73 bits per heavy atom. The maximum atomic E-state index is 12.7. The lowest BCUT2D eigenvalue weighted by atomic mass is 10.1. The molecule has 1 rings (SSSR count). The molecule has 0 amide bonds. The van der Waals surface area contributed by atoms with Crippen molar-refractivity contribution in [3.05, 3.63) is 29.8 Å². The molecule has 0 radical (unpaired) electrons. The fourth-order valence-electron chi connectivity index (χ4n) is 0.774. The molecule has 0 saturated carbocycles. The van der Waals surface area contributed by atoms with E-state index in [1.807, 2.05) is 0 Å². The lowest BCUT2D eigenvalue weighted by Crippen LogP contribution is -2.13. The van der Waals surface area contributed by atoms with E-state index in [4.69, 9.17) is 10.8 Å². The van der Waals surface area contributed by atoms with Gasteiger partial charge in [-0.2, -0.15) is 4.39 Å².